The molecule has 0 aromatic rings. The van der Waals surface area contributed by atoms with E-state index in [1.54, 1.807) is 11.1 Å². The van der Waals surface area contributed by atoms with Crippen molar-refractivity contribution >= 4 is 17.8 Å². The maximum atomic E-state index is 12.9. The van der Waals surface area contributed by atoms with Crippen molar-refractivity contribution in [1.29, 1.82) is 0 Å². The highest BCUT2D eigenvalue weighted by atomic mass is 16.4. The van der Waals surface area contributed by atoms with E-state index in [-0.39, 0.29) is 24.5 Å². The second-order valence-corrected chi connectivity index (χ2v) is 6.34. The summed E-state index contributed by atoms with van der Waals surface area (Å²) in [6.07, 6.45) is 5.38. The molecule has 2 saturated heterocycles. The SMILES string of the molecule is CC1C=CN=C2N(C3CCNCC3)C(=O)N(CC(=O)O)C21C. The number of hydrogen-bond donors (Lipinski definition) is 2. The quantitative estimate of drug-likeness (QED) is 0.810. The molecule has 3 heterocycles. The zero-order valence-corrected chi connectivity index (χ0v) is 13.0. The third-order valence-corrected chi connectivity index (χ3v) is 5.10. The molecule has 0 radical (unpaired) electrons. The van der Waals surface area contributed by atoms with Crippen LogP contribution in [0.3, 0.4) is 0 Å². The van der Waals surface area contributed by atoms with Crippen molar-refractivity contribution in [3.05, 3.63) is 12.3 Å². The monoisotopic (exact) mass is 306 g/mol. The van der Waals surface area contributed by atoms with Gasteiger partial charge in [-0.05, 0) is 32.9 Å². The molecule has 2 amide bonds. The fourth-order valence-corrected chi connectivity index (χ4v) is 3.62. The van der Waals surface area contributed by atoms with Gasteiger partial charge in [0, 0.05) is 18.2 Å². The van der Waals surface area contributed by atoms with Gasteiger partial charge in [0.1, 0.15) is 17.9 Å². The van der Waals surface area contributed by atoms with Crippen molar-refractivity contribution < 1.29 is 14.7 Å². The minimum atomic E-state index is -0.997. The first-order valence-corrected chi connectivity index (χ1v) is 7.74. The number of amidine groups is 1. The molecule has 3 rings (SSSR count). The standard InChI is InChI=1S/C15H22N4O3/c1-10-3-8-17-13-15(10,2)18(9-12(20)21)14(22)19(13)11-4-6-16-7-5-11/h3,8,10-11,16H,4-7,9H2,1-2H3,(H,20,21). The highest BCUT2D eigenvalue weighted by molar-refractivity contribution is 6.11. The molecule has 0 aromatic heterocycles. The number of amides is 2. The van der Waals surface area contributed by atoms with Gasteiger partial charge in [-0.1, -0.05) is 13.0 Å². The predicted molar refractivity (Wildman–Crippen MR) is 81.6 cm³/mol. The van der Waals surface area contributed by atoms with Gasteiger partial charge < -0.3 is 15.3 Å². The van der Waals surface area contributed by atoms with Gasteiger partial charge in [0.15, 0.2) is 0 Å². The normalized spacial score (nSPS) is 32.2. The lowest BCUT2D eigenvalue weighted by Crippen LogP contribution is -2.54. The lowest BCUT2D eigenvalue weighted by molar-refractivity contribution is -0.138. The highest BCUT2D eigenvalue weighted by Crippen LogP contribution is 2.40. The lowest BCUT2D eigenvalue weighted by atomic mass is 9.83. The number of nitrogens with one attached hydrogen (secondary N) is 1. The van der Waals surface area contributed by atoms with Gasteiger partial charge in [-0.2, -0.15) is 0 Å². The molecule has 2 fully saturated rings. The maximum Gasteiger partial charge on any atom is 0.327 e. The molecule has 7 heteroatoms. The van der Waals surface area contributed by atoms with Gasteiger partial charge >= 0.3 is 12.0 Å². The van der Waals surface area contributed by atoms with Gasteiger partial charge in [-0.15, -0.1) is 0 Å². The van der Waals surface area contributed by atoms with Crippen LogP contribution in [0.2, 0.25) is 0 Å². The summed E-state index contributed by atoms with van der Waals surface area (Å²) < 4.78 is 0. The van der Waals surface area contributed by atoms with Gasteiger partial charge in [-0.25, -0.2) is 9.79 Å². The summed E-state index contributed by atoms with van der Waals surface area (Å²) >= 11 is 0. The maximum absolute atomic E-state index is 12.9. The van der Waals surface area contributed by atoms with Crippen LogP contribution in [0.1, 0.15) is 26.7 Å². The Kier molecular flexibility index (Phi) is 3.68. The smallest absolute Gasteiger partial charge is 0.327 e. The molecule has 2 unspecified atom stereocenters. The zero-order chi connectivity index (χ0) is 15.9. The van der Waals surface area contributed by atoms with E-state index in [0.717, 1.165) is 25.9 Å². The number of piperidine rings is 1. The third-order valence-electron chi connectivity index (χ3n) is 5.10. The predicted octanol–water partition coefficient (Wildman–Crippen LogP) is 0.881. The summed E-state index contributed by atoms with van der Waals surface area (Å²) in [6, 6.07) is -0.143. The molecule has 2 N–H and O–H groups in total. The molecule has 2 atom stereocenters. The molecule has 3 aliphatic heterocycles. The number of fused-ring (bicyclic) bond motifs is 1. The zero-order valence-electron chi connectivity index (χ0n) is 13.0. The Balaban J connectivity index is 2.00. The molecule has 0 bridgehead atoms. The molecule has 7 nitrogen and oxygen atoms in total. The van der Waals surface area contributed by atoms with Crippen LogP contribution < -0.4 is 5.32 Å². The number of carbonyl (C=O) groups excluding carboxylic acids is 1. The third kappa shape index (κ3) is 2.11. The van der Waals surface area contributed by atoms with Crippen molar-refractivity contribution in [2.24, 2.45) is 10.9 Å². The Labute approximate surface area is 129 Å². The van der Waals surface area contributed by atoms with Gasteiger partial charge in [-0.3, -0.25) is 9.69 Å². The van der Waals surface area contributed by atoms with Crippen molar-refractivity contribution in [2.75, 3.05) is 19.6 Å². The van der Waals surface area contributed by atoms with E-state index in [9.17, 15) is 14.7 Å². The number of hydrogen-bond acceptors (Lipinski definition) is 4. The number of carboxylic acids is 1. The largest absolute Gasteiger partial charge is 0.480 e. The first-order valence-electron chi connectivity index (χ1n) is 7.74. The van der Waals surface area contributed by atoms with Crippen molar-refractivity contribution in [3.8, 4) is 0 Å². The number of urea groups is 1. The van der Waals surface area contributed by atoms with Gasteiger partial charge in [0.05, 0.1) is 0 Å². The molecule has 0 spiro atoms. The summed E-state index contributed by atoms with van der Waals surface area (Å²) in [4.78, 5) is 31.8. The fraction of sp³-hybridized carbons (Fsp3) is 0.667. The number of rotatable bonds is 3. The topological polar surface area (TPSA) is 85.2 Å². The van der Waals surface area contributed by atoms with Crippen LogP contribution in [-0.4, -0.2) is 64.0 Å². The number of nitrogens with zero attached hydrogens (tertiary/aromatic N) is 3. The lowest BCUT2D eigenvalue weighted by Gasteiger charge is -2.38. The first-order chi connectivity index (χ1) is 10.5. The number of aliphatic imine (C=N–C) groups is 1. The molecular weight excluding hydrogens is 284 g/mol. The summed E-state index contributed by atoms with van der Waals surface area (Å²) in [5, 5.41) is 12.5. The van der Waals surface area contributed by atoms with Crippen molar-refractivity contribution in [3.63, 3.8) is 0 Å². The second kappa shape index (κ2) is 5.39. The van der Waals surface area contributed by atoms with Crippen LogP contribution in [0.4, 0.5) is 4.79 Å². The summed E-state index contributed by atoms with van der Waals surface area (Å²) in [5.41, 5.74) is -0.685. The summed E-state index contributed by atoms with van der Waals surface area (Å²) in [7, 11) is 0. The Morgan fingerprint density at radius 2 is 2.18 bits per heavy atom. The molecular formula is C15H22N4O3. The summed E-state index contributed by atoms with van der Waals surface area (Å²) in [5.74, 6) is -0.279. The van der Waals surface area contributed by atoms with Gasteiger partial charge in [0.25, 0.3) is 0 Å². The van der Waals surface area contributed by atoms with Crippen LogP contribution in [0.5, 0.6) is 0 Å². The average molecular weight is 306 g/mol. The Morgan fingerprint density at radius 3 is 2.82 bits per heavy atom. The molecule has 0 aromatic carbocycles. The van der Waals surface area contributed by atoms with Crippen LogP contribution in [0.15, 0.2) is 17.3 Å². The molecule has 22 heavy (non-hydrogen) atoms. The van der Waals surface area contributed by atoms with Crippen LogP contribution in [0, 0.1) is 5.92 Å². The Hall–Kier alpha value is -1.89. The number of carboxylic acid groups (broad SMARTS) is 1. The molecule has 0 aliphatic carbocycles. The van der Waals surface area contributed by atoms with Crippen LogP contribution >= 0.6 is 0 Å². The Morgan fingerprint density at radius 1 is 1.50 bits per heavy atom. The van der Waals surface area contributed by atoms with Crippen molar-refractivity contribution in [1.82, 2.24) is 15.1 Å². The highest BCUT2D eigenvalue weighted by Gasteiger charge is 2.57. The van der Waals surface area contributed by atoms with E-state index in [4.69, 9.17) is 0 Å². The van der Waals surface area contributed by atoms with E-state index in [0.29, 0.717) is 5.84 Å². The second-order valence-electron chi connectivity index (χ2n) is 6.34. The fourth-order valence-electron chi connectivity index (χ4n) is 3.62. The number of carbonyl (C=O) groups is 2. The van der Waals surface area contributed by atoms with Crippen molar-refractivity contribution in [2.45, 2.75) is 38.3 Å². The molecule has 0 saturated carbocycles. The van der Waals surface area contributed by atoms with E-state index >= 15 is 0 Å². The van der Waals surface area contributed by atoms with E-state index in [2.05, 4.69) is 10.3 Å². The van der Waals surface area contributed by atoms with Crippen LogP contribution in [-0.2, 0) is 4.79 Å². The average Bonchev–Trinajstić information content (AvgIpc) is 2.71. The first kappa shape index (κ1) is 15.0. The molecule has 3 aliphatic rings. The van der Waals surface area contributed by atoms with E-state index in [1.807, 2.05) is 19.9 Å². The van der Waals surface area contributed by atoms with E-state index in [1.165, 1.54) is 4.90 Å². The van der Waals surface area contributed by atoms with Gasteiger partial charge in [0.2, 0.25) is 0 Å². The number of aliphatic carboxylic acids is 1. The summed E-state index contributed by atoms with van der Waals surface area (Å²) in [6.45, 7) is 5.35. The Bertz CT molecular complexity index is 553. The van der Waals surface area contributed by atoms with Crippen LogP contribution in [0.25, 0.3) is 0 Å². The molecule has 120 valence electrons. The minimum absolute atomic E-state index is 0.0232. The minimum Gasteiger partial charge on any atom is -0.480 e. The van der Waals surface area contributed by atoms with E-state index < -0.39 is 11.5 Å².